The first-order valence-electron chi connectivity index (χ1n) is 10.2. The van der Waals surface area contributed by atoms with Gasteiger partial charge in [0.25, 0.3) is 0 Å². The first kappa shape index (κ1) is 20.4. The number of benzene rings is 2. The first-order valence-corrected chi connectivity index (χ1v) is 10.2. The molecule has 1 atom stereocenters. The van der Waals surface area contributed by atoms with E-state index in [0.29, 0.717) is 18.4 Å². The van der Waals surface area contributed by atoms with E-state index in [2.05, 4.69) is 77.6 Å². The summed E-state index contributed by atoms with van der Waals surface area (Å²) in [5.41, 5.74) is 10.9. The van der Waals surface area contributed by atoms with Crippen molar-refractivity contribution in [1.82, 2.24) is 4.90 Å². The molecule has 2 aromatic rings. The minimum atomic E-state index is 0.440. The minimum absolute atomic E-state index is 0.440. The molecule has 2 aromatic carbocycles. The van der Waals surface area contributed by atoms with Gasteiger partial charge in [-0.05, 0) is 41.2 Å². The van der Waals surface area contributed by atoms with Crippen molar-refractivity contribution in [2.45, 2.75) is 39.3 Å². The Kier molecular flexibility index (Phi) is 7.46. The van der Waals surface area contributed by atoms with E-state index in [4.69, 9.17) is 10.5 Å². The SMILES string of the molecule is CCC(C)c1ccc(NC(N)=NCc2cccc(CN3CCOCC3)c2)cc1. The highest BCUT2D eigenvalue weighted by molar-refractivity contribution is 5.92. The molecule has 28 heavy (non-hydrogen) atoms. The van der Waals surface area contributed by atoms with Crippen molar-refractivity contribution in [2.24, 2.45) is 10.7 Å². The fourth-order valence-corrected chi connectivity index (χ4v) is 3.34. The fourth-order valence-electron chi connectivity index (χ4n) is 3.34. The van der Waals surface area contributed by atoms with Crippen molar-refractivity contribution >= 4 is 11.6 Å². The molecule has 3 N–H and O–H groups in total. The molecule has 0 aromatic heterocycles. The van der Waals surface area contributed by atoms with Crippen LogP contribution in [0.4, 0.5) is 5.69 Å². The zero-order chi connectivity index (χ0) is 19.8. The molecule has 1 unspecified atom stereocenters. The number of hydrogen-bond donors (Lipinski definition) is 2. The topological polar surface area (TPSA) is 62.9 Å². The minimum Gasteiger partial charge on any atom is -0.379 e. The molecule has 1 fully saturated rings. The number of morpholine rings is 1. The Balaban J connectivity index is 1.54. The number of guanidine groups is 1. The molecular weight excluding hydrogens is 348 g/mol. The van der Waals surface area contributed by atoms with Gasteiger partial charge in [-0.1, -0.05) is 50.2 Å². The van der Waals surface area contributed by atoms with E-state index < -0.39 is 0 Å². The Morgan fingerprint density at radius 2 is 1.86 bits per heavy atom. The van der Waals surface area contributed by atoms with Gasteiger partial charge in [0.1, 0.15) is 0 Å². The molecule has 1 aliphatic heterocycles. The Bertz CT molecular complexity index is 766. The van der Waals surface area contributed by atoms with Crippen LogP contribution in [-0.2, 0) is 17.8 Å². The van der Waals surface area contributed by atoms with Crippen LogP contribution in [0.15, 0.2) is 53.5 Å². The summed E-state index contributed by atoms with van der Waals surface area (Å²) in [7, 11) is 0. The molecule has 0 radical (unpaired) electrons. The summed E-state index contributed by atoms with van der Waals surface area (Å²) in [5.74, 6) is 1.01. The van der Waals surface area contributed by atoms with Crippen LogP contribution in [0.25, 0.3) is 0 Å². The van der Waals surface area contributed by atoms with Crippen molar-refractivity contribution in [3.05, 3.63) is 65.2 Å². The quantitative estimate of drug-likeness (QED) is 0.564. The molecular formula is C23H32N4O. The van der Waals surface area contributed by atoms with Crippen LogP contribution in [0.2, 0.25) is 0 Å². The molecule has 0 saturated carbocycles. The average molecular weight is 381 g/mol. The first-order chi connectivity index (χ1) is 13.6. The third kappa shape index (κ3) is 6.08. The lowest BCUT2D eigenvalue weighted by molar-refractivity contribution is 0.0342. The Hall–Kier alpha value is -2.37. The highest BCUT2D eigenvalue weighted by atomic mass is 16.5. The molecule has 1 saturated heterocycles. The third-order valence-corrected chi connectivity index (χ3v) is 5.30. The number of rotatable bonds is 7. The lowest BCUT2D eigenvalue weighted by Crippen LogP contribution is -2.35. The zero-order valence-electron chi connectivity index (χ0n) is 17.0. The second-order valence-electron chi connectivity index (χ2n) is 7.47. The molecule has 0 amide bonds. The van der Waals surface area contributed by atoms with Crippen molar-refractivity contribution in [1.29, 1.82) is 0 Å². The highest BCUT2D eigenvalue weighted by Gasteiger charge is 2.10. The van der Waals surface area contributed by atoms with Crippen molar-refractivity contribution in [2.75, 3.05) is 31.6 Å². The van der Waals surface area contributed by atoms with Crippen LogP contribution in [0.5, 0.6) is 0 Å². The van der Waals surface area contributed by atoms with E-state index in [9.17, 15) is 0 Å². The third-order valence-electron chi connectivity index (χ3n) is 5.30. The Labute approximate surface area is 168 Å². The van der Waals surface area contributed by atoms with Crippen molar-refractivity contribution in [3.63, 3.8) is 0 Å². The lowest BCUT2D eigenvalue weighted by atomic mass is 9.99. The van der Waals surface area contributed by atoms with Crippen molar-refractivity contribution < 1.29 is 4.74 Å². The van der Waals surface area contributed by atoms with Crippen LogP contribution in [-0.4, -0.2) is 37.2 Å². The summed E-state index contributed by atoms with van der Waals surface area (Å²) >= 11 is 0. The van der Waals surface area contributed by atoms with E-state index in [-0.39, 0.29) is 0 Å². The number of nitrogens with one attached hydrogen (secondary N) is 1. The number of anilines is 1. The maximum Gasteiger partial charge on any atom is 0.193 e. The van der Waals surface area contributed by atoms with E-state index in [0.717, 1.165) is 45.0 Å². The van der Waals surface area contributed by atoms with Crippen LogP contribution in [0, 0.1) is 0 Å². The van der Waals surface area contributed by atoms with Crippen LogP contribution < -0.4 is 11.1 Å². The molecule has 1 aliphatic rings. The van der Waals surface area contributed by atoms with E-state index in [1.165, 1.54) is 16.7 Å². The summed E-state index contributed by atoms with van der Waals surface area (Å²) in [4.78, 5) is 6.92. The molecule has 5 heteroatoms. The number of aliphatic imine (C=N–C) groups is 1. The second kappa shape index (κ2) is 10.2. The van der Waals surface area contributed by atoms with Gasteiger partial charge in [-0.25, -0.2) is 4.99 Å². The fraction of sp³-hybridized carbons (Fsp3) is 0.435. The number of hydrogen-bond acceptors (Lipinski definition) is 3. The maximum atomic E-state index is 6.08. The summed E-state index contributed by atoms with van der Waals surface area (Å²) in [6.45, 7) is 9.61. The number of nitrogens with two attached hydrogens (primary N) is 1. The summed E-state index contributed by atoms with van der Waals surface area (Å²) in [5, 5.41) is 3.18. The van der Waals surface area contributed by atoms with Gasteiger partial charge in [0.05, 0.1) is 19.8 Å². The normalized spacial score (nSPS) is 16.7. The molecule has 1 heterocycles. The highest BCUT2D eigenvalue weighted by Crippen LogP contribution is 2.20. The Morgan fingerprint density at radius 3 is 2.57 bits per heavy atom. The molecule has 0 bridgehead atoms. The molecule has 5 nitrogen and oxygen atoms in total. The molecule has 0 spiro atoms. The lowest BCUT2D eigenvalue weighted by Gasteiger charge is -2.26. The summed E-state index contributed by atoms with van der Waals surface area (Å²) < 4.78 is 5.42. The smallest absolute Gasteiger partial charge is 0.193 e. The molecule has 150 valence electrons. The van der Waals surface area contributed by atoms with Crippen molar-refractivity contribution in [3.8, 4) is 0 Å². The van der Waals surface area contributed by atoms with Gasteiger partial charge in [-0.3, -0.25) is 4.90 Å². The van der Waals surface area contributed by atoms with E-state index >= 15 is 0 Å². The van der Waals surface area contributed by atoms with Gasteiger partial charge in [0.2, 0.25) is 0 Å². The maximum absolute atomic E-state index is 6.08. The largest absolute Gasteiger partial charge is 0.379 e. The number of ether oxygens (including phenoxy) is 1. The van der Waals surface area contributed by atoms with E-state index in [1.807, 2.05) is 0 Å². The average Bonchev–Trinajstić information content (AvgIpc) is 2.73. The zero-order valence-corrected chi connectivity index (χ0v) is 17.0. The van der Waals surface area contributed by atoms with Gasteiger partial charge in [-0.2, -0.15) is 0 Å². The number of nitrogens with zero attached hydrogens (tertiary/aromatic N) is 2. The van der Waals surface area contributed by atoms with Gasteiger partial charge in [0, 0.05) is 25.3 Å². The summed E-state index contributed by atoms with van der Waals surface area (Å²) in [6.07, 6.45) is 1.14. The van der Waals surface area contributed by atoms with Gasteiger partial charge in [-0.15, -0.1) is 0 Å². The second-order valence-corrected chi connectivity index (χ2v) is 7.47. The van der Waals surface area contributed by atoms with Crippen LogP contribution in [0.1, 0.15) is 42.9 Å². The van der Waals surface area contributed by atoms with Crippen LogP contribution >= 0.6 is 0 Å². The van der Waals surface area contributed by atoms with Gasteiger partial charge in [0.15, 0.2) is 5.96 Å². The monoisotopic (exact) mass is 380 g/mol. The van der Waals surface area contributed by atoms with Crippen LogP contribution in [0.3, 0.4) is 0 Å². The molecule has 3 rings (SSSR count). The van der Waals surface area contributed by atoms with E-state index in [1.54, 1.807) is 0 Å². The standard InChI is InChI=1S/C23H32N4O/c1-3-18(2)21-7-9-22(10-8-21)26-23(24)25-16-19-5-4-6-20(15-19)17-27-11-13-28-14-12-27/h4-10,15,18H,3,11-14,16-17H2,1-2H3,(H3,24,25,26). The van der Waals surface area contributed by atoms with Gasteiger partial charge >= 0.3 is 0 Å². The predicted molar refractivity (Wildman–Crippen MR) is 117 cm³/mol. The molecule has 0 aliphatic carbocycles. The van der Waals surface area contributed by atoms with Gasteiger partial charge < -0.3 is 15.8 Å². The predicted octanol–water partition coefficient (Wildman–Crippen LogP) is 3.96. The Morgan fingerprint density at radius 1 is 1.14 bits per heavy atom. The summed E-state index contributed by atoms with van der Waals surface area (Å²) in [6, 6.07) is 17.0.